The zero-order valence-corrected chi connectivity index (χ0v) is 18.4. The minimum atomic E-state index is -0.276. The first-order valence-electron chi connectivity index (χ1n) is 10.4. The van der Waals surface area contributed by atoms with Crippen molar-refractivity contribution in [3.63, 3.8) is 0 Å². The largest absolute Gasteiger partial charge is 0.497 e. The van der Waals surface area contributed by atoms with E-state index in [9.17, 15) is 4.39 Å². The minimum Gasteiger partial charge on any atom is -0.497 e. The van der Waals surface area contributed by atoms with Gasteiger partial charge in [-0.25, -0.2) is 4.39 Å². The van der Waals surface area contributed by atoms with Crippen molar-refractivity contribution < 1.29 is 18.0 Å². The number of ether oxygens (including phenoxy) is 2. The fourth-order valence-electron chi connectivity index (χ4n) is 4.58. The van der Waals surface area contributed by atoms with Gasteiger partial charge in [0.05, 0.1) is 31.2 Å². The second-order valence-electron chi connectivity index (χ2n) is 7.86. The molecular formula is C25H24FNO3S. The fourth-order valence-corrected chi connectivity index (χ4v) is 5.24. The summed E-state index contributed by atoms with van der Waals surface area (Å²) in [6.07, 6.45) is 1.91. The molecule has 2 heterocycles. The molecule has 0 radical (unpaired) electrons. The van der Waals surface area contributed by atoms with Crippen LogP contribution in [0.1, 0.15) is 28.3 Å². The molecule has 0 bridgehead atoms. The Balaban J connectivity index is 1.46. The van der Waals surface area contributed by atoms with Gasteiger partial charge >= 0.3 is 0 Å². The second-order valence-corrected chi connectivity index (χ2v) is 8.67. The highest BCUT2D eigenvalue weighted by molar-refractivity contribution is 7.95. The Morgan fingerprint density at radius 3 is 2.71 bits per heavy atom. The third-order valence-corrected chi connectivity index (χ3v) is 6.85. The van der Waals surface area contributed by atoms with Crippen LogP contribution in [0, 0.1) is 5.82 Å². The summed E-state index contributed by atoms with van der Waals surface area (Å²) in [5.41, 5.74) is 5.16. The van der Waals surface area contributed by atoms with Crippen LogP contribution in [-0.4, -0.2) is 25.7 Å². The number of halogens is 1. The van der Waals surface area contributed by atoms with Crippen LogP contribution in [0.2, 0.25) is 0 Å². The lowest BCUT2D eigenvalue weighted by Gasteiger charge is -2.42. The summed E-state index contributed by atoms with van der Waals surface area (Å²) in [5.74, 6) is 2.07. The van der Waals surface area contributed by atoms with Crippen molar-refractivity contribution in [1.29, 1.82) is 0 Å². The van der Waals surface area contributed by atoms with Gasteiger partial charge in [-0.05, 0) is 65.9 Å². The monoisotopic (exact) mass is 437 g/mol. The molecule has 0 fully saturated rings. The molecule has 5 rings (SSSR count). The molecule has 4 nitrogen and oxygen atoms in total. The first-order chi connectivity index (χ1) is 15.2. The van der Waals surface area contributed by atoms with Crippen LogP contribution in [0.5, 0.6) is 17.2 Å². The fraction of sp³-hybridized carbons (Fsp3) is 0.280. The van der Waals surface area contributed by atoms with Gasteiger partial charge in [-0.1, -0.05) is 18.2 Å². The van der Waals surface area contributed by atoms with Crippen LogP contribution in [0.3, 0.4) is 0 Å². The van der Waals surface area contributed by atoms with Gasteiger partial charge in [0.25, 0.3) is 0 Å². The number of nitrogens with zero attached hydrogens (tertiary/aromatic N) is 1. The van der Waals surface area contributed by atoms with E-state index in [-0.39, 0.29) is 5.82 Å². The van der Waals surface area contributed by atoms with Gasteiger partial charge in [-0.3, -0.25) is 4.90 Å². The smallest absolute Gasteiger partial charge is 0.184 e. The third kappa shape index (κ3) is 3.86. The molecule has 0 amide bonds. The highest BCUT2D eigenvalue weighted by atomic mass is 32.2. The molecule has 3 aromatic rings. The molecule has 0 saturated carbocycles. The Morgan fingerprint density at radius 1 is 1.00 bits per heavy atom. The zero-order chi connectivity index (χ0) is 21.4. The topological polar surface area (TPSA) is 30.9 Å². The first-order valence-corrected chi connectivity index (χ1v) is 11.1. The SMILES string of the molecule is COc1ccc2c(c1)CCN1Cc3c(ccc(OC)c3OSc3cccc(F)c3)CC21. The predicted octanol–water partition coefficient (Wildman–Crippen LogP) is 5.58. The average Bonchev–Trinajstić information content (AvgIpc) is 2.80. The summed E-state index contributed by atoms with van der Waals surface area (Å²) >= 11 is 1.16. The van der Waals surface area contributed by atoms with E-state index in [4.69, 9.17) is 13.7 Å². The number of hydrogen-bond donors (Lipinski definition) is 0. The van der Waals surface area contributed by atoms with Gasteiger partial charge in [-0.2, -0.15) is 0 Å². The molecule has 1 unspecified atom stereocenters. The quantitative estimate of drug-likeness (QED) is 0.486. The van der Waals surface area contributed by atoms with Crippen molar-refractivity contribution >= 4 is 12.0 Å². The Morgan fingerprint density at radius 2 is 1.90 bits per heavy atom. The highest BCUT2D eigenvalue weighted by Crippen LogP contribution is 2.45. The number of rotatable bonds is 5. The molecule has 1 atom stereocenters. The summed E-state index contributed by atoms with van der Waals surface area (Å²) in [6.45, 7) is 1.78. The van der Waals surface area contributed by atoms with Crippen molar-refractivity contribution in [2.45, 2.75) is 30.3 Å². The van der Waals surface area contributed by atoms with Gasteiger partial charge in [0.15, 0.2) is 11.5 Å². The summed E-state index contributed by atoms with van der Waals surface area (Å²) in [6, 6.07) is 17.3. The molecule has 6 heteroatoms. The van der Waals surface area contributed by atoms with E-state index in [2.05, 4.69) is 29.2 Å². The third-order valence-electron chi connectivity index (χ3n) is 6.15. The van der Waals surface area contributed by atoms with Gasteiger partial charge in [-0.15, -0.1) is 0 Å². The van der Waals surface area contributed by atoms with Gasteiger partial charge in [0.2, 0.25) is 0 Å². The minimum absolute atomic E-state index is 0.276. The second kappa shape index (κ2) is 8.44. The number of hydrogen-bond acceptors (Lipinski definition) is 5. The van der Waals surface area contributed by atoms with Gasteiger partial charge in [0, 0.05) is 24.7 Å². The van der Waals surface area contributed by atoms with E-state index in [1.54, 1.807) is 20.3 Å². The normalized spacial score (nSPS) is 17.3. The maximum Gasteiger partial charge on any atom is 0.184 e. The standard InChI is InChI=1S/C25H24FNO3S/c1-28-19-7-8-21-17(12-19)10-11-27-15-22-16(13-23(21)27)6-9-24(29-2)25(22)30-31-20-5-3-4-18(26)14-20/h3-9,12,14,23H,10-11,13,15H2,1-2H3. The summed E-state index contributed by atoms with van der Waals surface area (Å²) in [5, 5.41) is 0. The Kier molecular flexibility index (Phi) is 5.50. The van der Waals surface area contributed by atoms with E-state index in [1.807, 2.05) is 12.1 Å². The predicted molar refractivity (Wildman–Crippen MR) is 119 cm³/mol. The van der Waals surface area contributed by atoms with Crippen molar-refractivity contribution in [2.24, 2.45) is 0 Å². The van der Waals surface area contributed by atoms with Crippen molar-refractivity contribution in [2.75, 3.05) is 20.8 Å². The van der Waals surface area contributed by atoms with E-state index in [0.29, 0.717) is 16.7 Å². The molecule has 0 saturated heterocycles. The van der Waals surface area contributed by atoms with Crippen LogP contribution in [0.4, 0.5) is 4.39 Å². The molecule has 0 aromatic heterocycles. The van der Waals surface area contributed by atoms with Crippen LogP contribution in [0.15, 0.2) is 59.5 Å². The van der Waals surface area contributed by atoms with Crippen LogP contribution >= 0.6 is 12.0 Å². The number of methoxy groups -OCH3 is 2. The molecule has 3 aromatic carbocycles. The van der Waals surface area contributed by atoms with Gasteiger partial charge in [0.1, 0.15) is 11.6 Å². The maximum atomic E-state index is 13.6. The number of fused-ring (bicyclic) bond motifs is 4. The molecule has 31 heavy (non-hydrogen) atoms. The molecular weight excluding hydrogens is 413 g/mol. The van der Waals surface area contributed by atoms with E-state index >= 15 is 0 Å². The maximum absolute atomic E-state index is 13.6. The molecule has 0 aliphatic carbocycles. The Labute approximate surface area is 186 Å². The van der Waals surface area contributed by atoms with Crippen molar-refractivity contribution in [3.05, 3.63) is 82.7 Å². The lowest BCUT2D eigenvalue weighted by atomic mass is 9.83. The molecule has 2 aliphatic heterocycles. The molecule has 0 N–H and O–H groups in total. The molecule has 2 aliphatic rings. The van der Waals surface area contributed by atoms with Crippen LogP contribution < -0.4 is 13.7 Å². The summed E-state index contributed by atoms with van der Waals surface area (Å²) in [7, 11) is 3.36. The van der Waals surface area contributed by atoms with Gasteiger partial charge < -0.3 is 13.7 Å². The van der Waals surface area contributed by atoms with Crippen molar-refractivity contribution in [1.82, 2.24) is 4.90 Å². The summed E-state index contributed by atoms with van der Waals surface area (Å²) in [4.78, 5) is 3.23. The van der Waals surface area contributed by atoms with Crippen molar-refractivity contribution in [3.8, 4) is 17.2 Å². The molecule has 160 valence electrons. The number of benzene rings is 3. The summed E-state index contributed by atoms with van der Waals surface area (Å²) < 4.78 is 30.7. The van der Waals surface area contributed by atoms with E-state index < -0.39 is 0 Å². The lowest BCUT2D eigenvalue weighted by molar-refractivity contribution is 0.159. The highest BCUT2D eigenvalue weighted by Gasteiger charge is 2.34. The molecule has 0 spiro atoms. The zero-order valence-electron chi connectivity index (χ0n) is 17.6. The van der Waals surface area contributed by atoms with E-state index in [1.165, 1.54) is 28.8 Å². The Bertz CT molecular complexity index is 1120. The van der Waals surface area contributed by atoms with Crippen LogP contribution in [-0.2, 0) is 19.4 Å². The van der Waals surface area contributed by atoms with E-state index in [0.717, 1.165) is 55.0 Å². The Hall–Kier alpha value is -2.70. The first kappa shape index (κ1) is 20.2. The van der Waals surface area contributed by atoms with Crippen LogP contribution in [0.25, 0.3) is 0 Å². The lowest BCUT2D eigenvalue weighted by Crippen LogP contribution is -2.39. The average molecular weight is 438 g/mol.